The molecule has 1 saturated carbocycles. The summed E-state index contributed by atoms with van der Waals surface area (Å²) in [6.07, 6.45) is 7.52. The molecule has 2 aromatic heterocycles. The third-order valence-corrected chi connectivity index (χ3v) is 4.55. The van der Waals surface area contributed by atoms with E-state index in [-0.39, 0.29) is 23.9 Å². The second-order valence-corrected chi connectivity index (χ2v) is 6.39. The molecule has 0 radical (unpaired) electrons. The van der Waals surface area contributed by atoms with Gasteiger partial charge in [-0.05, 0) is 12.8 Å². The van der Waals surface area contributed by atoms with Crippen LogP contribution in [0.5, 0.6) is 0 Å². The van der Waals surface area contributed by atoms with Crippen LogP contribution in [0.25, 0.3) is 0 Å². The maximum Gasteiger partial charge on any atom is 0.262 e. The van der Waals surface area contributed by atoms with Crippen LogP contribution in [-0.4, -0.2) is 32.8 Å². The topological polar surface area (TPSA) is 108 Å². The average molecular weight is 344 g/mol. The standard InChI is InChI=1S/C17H24N6O2/c1-23-15(8-13(22-23)11-6-4-3-5-7-11)21-17(24)12-9-19-14(10-25-2)20-16(12)18/h8-9,11H,3-7,10H2,1-2H3,(H,21,24)(H2,18,19,20). The minimum atomic E-state index is -0.348. The van der Waals surface area contributed by atoms with Gasteiger partial charge in [0.05, 0.1) is 5.69 Å². The van der Waals surface area contributed by atoms with E-state index in [4.69, 9.17) is 10.5 Å². The number of nitrogens with one attached hydrogen (secondary N) is 1. The average Bonchev–Trinajstić information content (AvgIpc) is 2.97. The van der Waals surface area contributed by atoms with E-state index in [2.05, 4.69) is 20.4 Å². The molecular formula is C17H24N6O2. The summed E-state index contributed by atoms with van der Waals surface area (Å²) >= 11 is 0. The van der Waals surface area contributed by atoms with E-state index in [1.54, 1.807) is 11.8 Å². The fourth-order valence-electron chi connectivity index (χ4n) is 3.19. The van der Waals surface area contributed by atoms with Gasteiger partial charge in [-0.25, -0.2) is 9.97 Å². The zero-order valence-corrected chi connectivity index (χ0v) is 14.7. The fourth-order valence-corrected chi connectivity index (χ4v) is 3.19. The van der Waals surface area contributed by atoms with Crippen LogP contribution in [0.15, 0.2) is 12.3 Å². The van der Waals surface area contributed by atoms with Gasteiger partial charge in [0.1, 0.15) is 23.8 Å². The molecule has 0 saturated heterocycles. The number of aromatic nitrogens is 4. The Labute approximate surface area is 146 Å². The second kappa shape index (κ2) is 7.60. The lowest BCUT2D eigenvalue weighted by atomic mass is 9.87. The third kappa shape index (κ3) is 3.96. The molecule has 1 fully saturated rings. The Morgan fingerprint density at radius 1 is 1.40 bits per heavy atom. The van der Waals surface area contributed by atoms with Crippen molar-refractivity contribution in [1.29, 1.82) is 0 Å². The first kappa shape index (κ1) is 17.3. The van der Waals surface area contributed by atoms with Crippen LogP contribution in [0.4, 0.5) is 11.6 Å². The van der Waals surface area contributed by atoms with Crippen LogP contribution in [0.2, 0.25) is 0 Å². The van der Waals surface area contributed by atoms with E-state index in [1.807, 2.05) is 13.1 Å². The number of carbonyl (C=O) groups excluding carboxylic acids is 1. The number of nitrogens with two attached hydrogens (primary N) is 1. The summed E-state index contributed by atoms with van der Waals surface area (Å²) < 4.78 is 6.65. The summed E-state index contributed by atoms with van der Waals surface area (Å²) in [5.74, 6) is 1.35. The lowest BCUT2D eigenvalue weighted by molar-refractivity contribution is 0.102. The molecule has 8 heteroatoms. The van der Waals surface area contributed by atoms with Gasteiger partial charge in [0, 0.05) is 32.3 Å². The van der Waals surface area contributed by atoms with Crippen molar-refractivity contribution in [3.63, 3.8) is 0 Å². The molecule has 1 amide bonds. The Morgan fingerprint density at radius 3 is 2.84 bits per heavy atom. The van der Waals surface area contributed by atoms with Gasteiger partial charge < -0.3 is 15.8 Å². The Hall–Kier alpha value is -2.48. The summed E-state index contributed by atoms with van der Waals surface area (Å²) in [6.45, 7) is 0.249. The van der Waals surface area contributed by atoms with Crippen molar-refractivity contribution >= 4 is 17.5 Å². The minimum Gasteiger partial charge on any atom is -0.383 e. The van der Waals surface area contributed by atoms with Crippen molar-refractivity contribution < 1.29 is 9.53 Å². The number of aryl methyl sites for hydroxylation is 1. The molecule has 0 bridgehead atoms. The van der Waals surface area contributed by atoms with Gasteiger partial charge in [-0.2, -0.15) is 5.10 Å². The summed E-state index contributed by atoms with van der Waals surface area (Å²) in [5.41, 5.74) is 7.15. The number of ether oxygens (including phenoxy) is 1. The Balaban J connectivity index is 1.73. The van der Waals surface area contributed by atoms with Gasteiger partial charge in [-0.1, -0.05) is 19.3 Å². The molecule has 2 heterocycles. The van der Waals surface area contributed by atoms with Crippen LogP contribution < -0.4 is 11.1 Å². The van der Waals surface area contributed by atoms with Gasteiger partial charge in [-0.3, -0.25) is 9.48 Å². The maximum atomic E-state index is 12.5. The number of rotatable bonds is 5. The monoisotopic (exact) mass is 344 g/mol. The highest BCUT2D eigenvalue weighted by atomic mass is 16.5. The predicted octanol–water partition coefficient (Wildman–Crippen LogP) is 2.24. The Bertz CT molecular complexity index is 752. The van der Waals surface area contributed by atoms with Crippen molar-refractivity contribution in [3.05, 3.63) is 29.3 Å². The molecule has 2 aromatic rings. The lowest BCUT2D eigenvalue weighted by Gasteiger charge is -2.19. The Morgan fingerprint density at radius 2 is 2.16 bits per heavy atom. The third-order valence-electron chi connectivity index (χ3n) is 4.55. The van der Waals surface area contributed by atoms with Crippen LogP contribution in [0, 0.1) is 0 Å². The summed E-state index contributed by atoms with van der Waals surface area (Å²) in [4.78, 5) is 20.7. The van der Waals surface area contributed by atoms with Crippen LogP contribution >= 0.6 is 0 Å². The van der Waals surface area contributed by atoms with E-state index >= 15 is 0 Å². The molecule has 1 aliphatic carbocycles. The number of methoxy groups -OCH3 is 1. The van der Waals surface area contributed by atoms with E-state index in [1.165, 1.54) is 25.5 Å². The lowest BCUT2D eigenvalue weighted by Crippen LogP contribution is -2.18. The highest BCUT2D eigenvalue weighted by Gasteiger charge is 2.21. The predicted molar refractivity (Wildman–Crippen MR) is 94.1 cm³/mol. The smallest absolute Gasteiger partial charge is 0.262 e. The highest BCUT2D eigenvalue weighted by Crippen LogP contribution is 2.32. The molecular weight excluding hydrogens is 320 g/mol. The zero-order valence-electron chi connectivity index (χ0n) is 14.7. The quantitative estimate of drug-likeness (QED) is 0.861. The molecule has 8 nitrogen and oxygen atoms in total. The van der Waals surface area contributed by atoms with Crippen LogP contribution in [0.3, 0.4) is 0 Å². The van der Waals surface area contributed by atoms with E-state index < -0.39 is 0 Å². The van der Waals surface area contributed by atoms with Crippen LogP contribution in [-0.2, 0) is 18.4 Å². The normalized spacial score (nSPS) is 15.3. The first-order valence-corrected chi connectivity index (χ1v) is 8.54. The molecule has 3 N–H and O–H groups in total. The first-order valence-electron chi connectivity index (χ1n) is 8.54. The molecule has 0 unspecified atom stereocenters. The van der Waals surface area contributed by atoms with Gasteiger partial charge in [0.2, 0.25) is 0 Å². The summed E-state index contributed by atoms with van der Waals surface area (Å²) in [5, 5.41) is 7.41. The van der Waals surface area contributed by atoms with E-state index in [9.17, 15) is 4.79 Å². The van der Waals surface area contributed by atoms with Crippen molar-refractivity contribution in [2.75, 3.05) is 18.2 Å². The van der Waals surface area contributed by atoms with Gasteiger partial charge in [0.15, 0.2) is 5.82 Å². The number of hydrogen-bond acceptors (Lipinski definition) is 6. The maximum absolute atomic E-state index is 12.5. The molecule has 0 atom stereocenters. The number of nitrogens with zero attached hydrogens (tertiary/aromatic N) is 4. The number of hydrogen-bond donors (Lipinski definition) is 2. The molecule has 0 spiro atoms. The molecule has 25 heavy (non-hydrogen) atoms. The number of amides is 1. The number of carbonyl (C=O) groups is 1. The molecule has 3 rings (SSSR count). The van der Waals surface area contributed by atoms with Crippen molar-refractivity contribution in [2.24, 2.45) is 7.05 Å². The van der Waals surface area contributed by atoms with Crippen LogP contribution in [0.1, 0.15) is 59.9 Å². The zero-order chi connectivity index (χ0) is 17.8. The van der Waals surface area contributed by atoms with Crippen molar-refractivity contribution in [3.8, 4) is 0 Å². The van der Waals surface area contributed by atoms with Gasteiger partial charge >= 0.3 is 0 Å². The minimum absolute atomic E-state index is 0.134. The molecule has 0 aromatic carbocycles. The van der Waals surface area contributed by atoms with Crippen molar-refractivity contribution in [2.45, 2.75) is 44.6 Å². The highest BCUT2D eigenvalue weighted by molar-refractivity contribution is 6.06. The Kier molecular flexibility index (Phi) is 5.28. The van der Waals surface area contributed by atoms with Gasteiger partial charge in [0.25, 0.3) is 5.91 Å². The van der Waals surface area contributed by atoms with E-state index in [0.29, 0.717) is 17.6 Å². The molecule has 0 aliphatic heterocycles. The van der Waals surface area contributed by atoms with E-state index in [0.717, 1.165) is 18.5 Å². The molecule has 1 aliphatic rings. The number of anilines is 2. The summed E-state index contributed by atoms with van der Waals surface area (Å²) in [7, 11) is 3.37. The largest absolute Gasteiger partial charge is 0.383 e. The molecule has 134 valence electrons. The number of nitrogen functional groups attached to an aromatic ring is 1. The SMILES string of the molecule is COCc1ncc(C(=O)Nc2cc(C3CCCCC3)nn2C)c(N)n1. The van der Waals surface area contributed by atoms with Gasteiger partial charge in [-0.15, -0.1) is 0 Å². The second-order valence-electron chi connectivity index (χ2n) is 6.39. The first-order chi connectivity index (χ1) is 12.1. The fraction of sp³-hybridized carbons (Fsp3) is 0.529. The van der Waals surface area contributed by atoms with Crippen molar-refractivity contribution in [1.82, 2.24) is 19.7 Å². The summed E-state index contributed by atoms with van der Waals surface area (Å²) in [6, 6.07) is 1.95.